The highest BCUT2D eigenvalue weighted by atomic mass is 35.5. The first-order valence-corrected chi connectivity index (χ1v) is 8.14. The molecule has 7 heteroatoms. The molecule has 1 N–H and O–H groups in total. The Morgan fingerprint density at radius 2 is 1.95 bits per heavy atom. The van der Waals surface area contributed by atoms with Crippen LogP contribution in [0, 0.1) is 0 Å². The van der Waals surface area contributed by atoms with Crippen molar-refractivity contribution in [2.45, 2.75) is 6.04 Å². The van der Waals surface area contributed by atoms with E-state index in [1.54, 1.807) is 24.3 Å². The van der Waals surface area contributed by atoms with E-state index in [0.717, 1.165) is 5.75 Å². The van der Waals surface area contributed by atoms with Crippen LogP contribution in [0.2, 0.25) is 10.0 Å². The summed E-state index contributed by atoms with van der Waals surface area (Å²) in [6.45, 7) is 0.432. The molecular formula is C14H13Cl2NO3S. The number of benzene rings is 1. The maximum atomic E-state index is 12.2. The number of carboxylic acids is 1. The fourth-order valence-electron chi connectivity index (χ4n) is 2.01. The topological polar surface area (TPSA) is 57.6 Å². The lowest BCUT2D eigenvalue weighted by molar-refractivity contribution is -0.147. The number of thioether (sulfide) groups is 1. The minimum absolute atomic E-state index is 0.321. The monoisotopic (exact) mass is 345 g/mol. The summed E-state index contributed by atoms with van der Waals surface area (Å²) in [5.41, 5.74) is 0.694. The van der Waals surface area contributed by atoms with Crippen molar-refractivity contribution in [1.82, 2.24) is 4.90 Å². The number of carbonyl (C=O) groups is 2. The van der Waals surface area contributed by atoms with Crippen molar-refractivity contribution >= 4 is 52.9 Å². The van der Waals surface area contributed by atoms with Crippen LogP contribution in [0.5, 0.6) is 0 Å². The maximum Gasteiger partial charge on any atom is 0.327 e. The molecule has 0 radical (unpaired) electrons. The molecule has 0 spiro atoms. The van der Waals surface area contributed by atoms with Crippen LogP contribution in [0.3, 0.4) is 0 Å². The first-order valence-electron chi connectivity index (χ1n) is 6.22. The van der Waals surface area contributed by atoms with Gasteiger partial charge in [-0.05, 0) is 29.8 Å². The van der Waals surface area contributed by atoms with Crippen LogP contribution in [0.15, 0.2) is 24.3 Å². The largest absolute Gasteiger partial charge is 0.480 e. The molecule has 1 aromatic rings. The summed E-state index contributed by atoms with van der Waals surface area (Å²) in [7, 11) is 0. The standard InChI is InChI=1S/C14H13Cl2NO3S/c15-10-5-9(6-11(16)7-10)1-2-13(18)17-3-4-21-8-12(17)14(19)20/h1-2,5-7,12H,3-4,8H2,(H,19,20)/b2-1+. The van der Waals surface area contributed by atoms with Crippen LogP contribution in [-0.4, -0.2) is 46.0 Å². The molecule has 1 atom stereocenters. The van der Waals surface area contributed by atoms with E-state index in [-0.39, 0.29) is 5.91 Å². The zero-order chi connectivity index (χ0) is 15.4. The van der Waals surface area contributed by atoms with Crippen LogP contribution in [-0.2, 0) is 9.59 Å². The Bertz CT molecular complexity index is 571. The van der Waals surface area contributed by atoms with Crippen LogP contribution in [0.1, 0.15) is 5.56 Å². The van der Waals surface area contributed by atoms with Crippen molar-refractivity contribution in [2.75, 3.05) is 18.1 Å². The minimum atomic E-state index is -0.977. The summed E-state index contributed by atoms with van der Waals surface area (Å²) < 4.78 is 0. The third kappa shape index (κ3) is 4.40. The predicted octanol–water partition coefficient (Wildman–Crippen LogP) is 3.04. The second-order valence-electron chi connectivity index (χ2n) is 4.50. The molecule has 1 saturated heterocycles. The van der Waals surface area contributed by atoms with Gasteiger partial charge in [0.15, 0.2) is 0 Å². The summed E-state index contributed by atoms with van der Waals surface area (Å²) in [6, 6.07) is 4.18. The molecule has 1 fully saturated rings. The second-order valence-corrected chi connectivity index (χ2v) is 6.52. The Morgan fingerprint density at radius 3 is 2.57 bits per heavy atom. The van der Waals surface area contributed by atoms with Gasteiger partial charge in [0, 0.05) is 34.2 Å². The van der Waals surface area contributed by atoms with Gasteiger partial charge in [0.1, 0.15) is 6.04 Å². The summed E-state index contributed by atoms with van der Waals surface area (Å²) >= 11 is 13.3. The Kier molecular flexibility index (Phi) is 5.56. The molecular weight excluding hydrogens is 333 g/mol. The molecule has 4 nitrogen and oxygen atoms in total. The number of amides is 1. The molecule has 1 heterocycles. The molecule has 0 aliphatic carbocycles. The van der Waals surface area contributed by atoms with Gasteiger partial charge in [-0.1, -0.05) is 23.2 Å². The van der Waals surface area contributed by atoms with Gasteiger partial charge < -0.3 is 10.0 Å². The molecule has 0 aromatic heterocycles. The number of hydrogen-bond donors (Lipinski definition) is 1. The summed E-state index contributed by atoms with van der Waals surface area (Å²) in [6.07, 6.45) is 2.94. The van der Waals surface area contributed by atoms with E-state index in [1.807, 2.05) is 0 Å². The van der Waals surface area contributed by atoms with E-state index < -0.39 is 12.0 Å². The third-order valence-electron chi connectivity index (χ3n) is 3.00. The number of nitrogens with zero attached hydrogens (tertiary/aromatic N) is 1. The second kappa shape index (κ2) is 7.20. The molecule has 0 saturated carbocycles. The molecule has 1 unspecified atom stereocenters. The van der Waals surface area contributed by atoms with Crippen molar-refractivity contribution in [3.05, 3.63) is 39.9 Å². The zero-order valence-electron chi connectivity index (χ0n) is 11.0. The van der Waals surface area contributed by atoms with Crippen molar-refractivity contribution in [3.63, 3.8) is 0 Å². The lowest BCUT2D eigenvalue weighted by Crippen LogP contribution is -2.49. The Hall–Kier alpha value is -1.17. The van der Waals surface area contributed by atoms with Gasteiger partial charge in [-0.2, -0.15) is 11.8 Å². The summed E-state index contributed by atoms with van der Waals surface area (Å²) in [5, 5.41) is 10.1. The smallest absolute Gasteiger partial charge is 0.327 e. The first-order chi connectivity index (χ1) is 9.97. The average molecular weight is 346 g/mol. The van der Waals surface area contributed by atoms with Gasteiger partial charge in [0.2, 0.25) is 5.91 Å². The van der Waals surface area contributed by atoms with Crippen molar-refractivity contribution in [3.8, 4) is 0 Å². The molecule has 1 aromatic carbocycles. The lowest BCUT2D eigenvalue weighted by atomic mass is 10.2. The first kappa shape index (κ1) is 16.2. The van der Waals surface area contributed by atoms with Crippen LogP contribution in [0.25, 0.3) is 6.08 Å². The van der Waals surface area contributed by atoms with Gasteiger partial charge in [-0.25, -0.2) is 4.79 Å². The number of hydrogen-bond acceptors (Lipinski definition) is 3. The van der Waals surface area contributed by atoms with Gasteiger partial charge >= 0.3 is 5.97 Å². The van der Waals surface area contributed by atoms with Crippen molar-refractivity contribution in [2.24, 2.45) is 0 Å². The maximum absolute atomic E-state index is 12.2. The number of carboxylic acid groups (broad SMARTS) is 1. The Morgan fingerprint density at radius 1 is 1.29 bits per heavy atom. The number of halogens is 2. The normalized spacial score (nSPS) is 19.0. The highest BCUT2D eigenvalue weighted by molar-refractivity contribution is 7.99. The Labute approximate surface area is 136 Å². The van der Waals surface area contributed by atoms with E-state index in [2.05, 4.69) is 0 Å². The van der Waals surface area contributed by atoms with Gasteiger partial charge in [0.05, 0.1) is 0 Å². The fraction of sp³-hybridized carbons (Fsp3) is 0.286. The molecule has 0 bridgehead atoms. The van der Waals surface area contributed by atoms with Crippen LogP contribution in [0.4, 0.5) is 0 Å². The quantitative estimate of drug-likeness (QED) is 0.855. The highest BCUT2D eigenvalue weighted by Crippen LogP contribution is 2.21. The van der Waals surface area contributed by atoms with Crippen molar-refractivity contribution in [1.29, 1.82) is 0 Å². The van der Waals surface area contributed by atoms with Crippen molar-refractivity contribution < 1.29 is 14.7 Å². The molecule has 1 aliphatic rings. The average Bonchev–Trinajstić information content (AvgIpc) is 2.43. The van der Waals surface area contributed by atoms with Crippen LogP contribution < -0.4 is 0 Å². The van der Waals surface area contributed by atoms with E-state index >= 15 is 0 Å². The highest BCUT2D eigenvalue weighted by Gasteiger charge is 2.31. The third-order valence-corrected chi connectivity index (χ3v) is 4.46. The SMILES string of the molecule is O=C(O)C1CSCCN1C(=O)/C=C/c1cc(Cl)cc(Cl)c1. The summed E-state index contributed by atoms with van der Waals surface area (Å²) in [5.74, 6) is -0.141. The molecule has 1 aliphatic heterocycles. The van der Waals surface area contributed by atoms with Crippen LogP contribution >= 0.6 is 35.0 Å². The van der Waals surface area contributed by atoms with Gasteiger partial charge in [-0.3, -0.25) is 4.79 Å². The van der Waals surface area contributed by atoms with E-state index in [4.69, 9.17) is 28.3 Å². The van der Waals surface area contributed by atoms with E-state index in [0.29, 0.717) is 27.9 Å². The number of aliphatic carboxylic acids is 1. The minimum Gasteiger partial charge on any atom is -0.480 e. The molecule has 1 amide bonds. The lowest BCUT2D eigenvalue weighted by Gasteiger charge is -2.31. The van der Waals surface area contributed by atoms with E-state index in [1.165, 1.54) is 22.7 Å². The molecule has 2 rings (SSSR count). The predicted molar refractivity (Wildman–Crippen MR) is 86.0 cm³/mol. The molecule has 112 valence electrons. The zero-order valence-corrected chi connectivity index (χ0v) is 13.3. The van der Waals surface area contributed by atoms with E-state index in [9.17, 15) is 9.59 Å². The number of carbonyl (C=O) groups excluding carboxylic acids is 1. The number of rotatable bonds is 3. The Balaban J connectivity index is 2.12. The fourth-order valence-corrected chi connectivity index (χ4v) is 3.59. The van der Waals surface area contributed by atoms with Gasteiger partial charge in [-0.15, -0.1) is 0 Å². The van der Waals surface area contributed by atoms with Gasteiger partial charge in [0.25, 0.3) is 0 Å². The molecule has 21 heavy (non-hydrogen) atoms. The summed E-state index contributed by atoms with van der Waals surface area (Å²) in [4.78, 5) is 24.7.